The van der Waals surface area contributed by atoms with Gasteiger partial charge >= 0.3 is 5.97 Å². The van der Waals surface area contributed by atoms with Gasteiger partial charge in [0.1, 0.15) is 6.04 Å². The van der Waals surface area contributed by atoms with Crippen molar-refractivity contribution in [2.75, 3.05) is 6.54 Å². The van der Waals surface area contributed by atoms with Crippen LogP contribution >= 0.6 is 0 Å². The first kappa shape index (κ1) is 14.4. The van der Waals surface area contributed by atoms with Gasteiger partial charge in [-0.05, 0) is 6.42 Å². The molecule has 16 heavy (non-hydrogen) atoms. The van der Waals surface area contributed by atoms with Crippen LogP contribution in [0.4, 0.5) is 0 Å². The second kappa shape index (κ2) is 6.78. The highest BCUT2D eigenvalue weighted by Crippen LogP contribution is 1.98. The molecule has 6 N–H and O–H groups in total. The number of guanidine groups is 1. The number of carboxylic acids is 1. The highest BCUT2D eigenvalue weighted by molar-refractivity contribution is 5.97. The number of nitrogens with one attached hydrogen (secondary N) is 1. The van der Waals surface area contributed by atoms with Gasteiger partial charge < -0.3 is 16.6 Å². The van der Waals surface area contributed by atoms with Gasteiger partial charge in [-0.15, -0.1) is 0 Å². The van der Waals surface area contributed by atoms with Crippen molar-refractivity contribution in [1.82, 2.24) is 5.32 Å². The van der Waals surface area contributed by atoms with Gasteiger partial charge in [0.05, 0.1) is 6.54 Å². The van der Waals surface area contributed by atoms with Gasteiger partial charge in [-0.2, -0.15) is 0 Å². The van der Waals surface area contributed by atoms with Gasteiger partial charge in [0.2, 0.25) is 5.91 Å². The number of aliphatic carboxylic acids is 1. The second-order valence-electron chi connectivity index (χ2n) is 3.47. The first-order valence-corrected chi connectivity index (χ1v) is 4.97. The fourth-order valence-corrected chi connectivity index (χ4v) is 0.749. The molecule has 0 saturated carbocycles. The van der Waals surface area contributed by atoms with Crippen molar-refractivity contribution in [3.8, 4) is 0 Å². The van der Waals surface area contributed by atoms with Gasteiger partial charge in [-0.3, -0.25) is 19.9 Å². The van der Waals surface area contributed by atoms with Crippen LogP contribution in [-0.4, -0.2) is 35.5 Å². The molecule has 0 aromatic rings. The molecule has 0 heterocycles. The Bertz CT molecular complexity index is 290. The molecule has 0 aromatic carbocycles. The number of carbonyl (C=O) groups is 2. The Kier molecular flexibility index (Phi) is 6.09. The number of amides is 1. The van der Waals surface area contributed by atoms with E-state index in [1.165, 1.54) is 0 Å². The van der Waals surface area contributed by atoms with Crippen LogP contribution < -0.4 is 16.8 Å². The third-order valence-electron chi connectivity index (χ3n) is 2.09. The van der Waals surface area contributed by atoms with Crippen LogP contribution in [0.3, 0.4) is 0 Å². The molecule has 2 atom stereocenters. The summed E-state index contributed by atoms with van der Waals surface area (Å²) in [6.45, 7) is 3.46. The first-order chi connectivity index (χ1) is 7.38. The zero-order valence-electron chi connectivity index (χ0n) is 9.43. The van der Waals surface area contributed by atoms with Crippen LogP contribution in [0.2, 0.25) is 0 Å². The number of nitrogens with zero attached hydrogens (tertiary/aromatic N) is 1. The smallest absolute Gasteiger partial charge is 0.322 e. The van der Waals surface area contributed by atoms with E-state index in [2.05, 4.69) is 10.3 Å². The lowest BCUT2D eigenvalue weighted by Crippen LogP contribution is -2.41. The molecule has 7 nitrogen and oxygen atoms in total. The lowest BCUT2D eigenvalue weighted by Gasteiger charge is -2.09. The van der Waals surface area contributed by atoms with Crippen molar-refractivity contribution in [3.05, 3.63) is 0 Å². The second-order valence-corrected chi connectivity index (χ2v) is 3.47. The third-order valence-corrected chi connectivity index (χ3v) is 2.09. The van der Waals surface area contributed by atoms with Crippen molar-refractivity contribution < 1.29 is 14.7 Å². The SMILES string of the molecule is CCC(C)C(=O)NC(N)=NCC(N)C(=O)O. The Labute approximate surface area is 93.9 Å². The molecule has 0 spiro atoms. The van der Waals surface area contributed by atoms with Gasteiger partial charge in [-0.25, -0.2) is 0 Å². The van der Waals surface area contributed by atoms with E-state index in [1.54, 1.807) is 6.92 Å². The lowest BCUT2D eigenvalue weighted by molar-refractivity contribution is -0.138. The Morgan fingerprint density at radius 1 is 1.50 bits per heavy atom. The van der Waals surface area contributed by atoms with E-state index >= 15 is 0 Å². The molecule has 0 rings (SSSR count). The Balaban J connectivity index is 4.15. The summed E-state index contributed by atoms with van der Waals surface area (Å²) >= 11 is 0. The zero-order chi connectivity index (χ0) is 12.7. The van der Waals surface area contributed by atoms with Gasteiger partial charge in [0.15, 0.2) is 5.96 Å². The van der Waals surface area contributed by atoms with Crippen molar-refractivity contribution in [2.45, 2.75) is 26.3 Å². The normalized spacial score (nSPS) is 15.3. The lowest BCUT2D eigenvalue weighted by atomic mass is 10.1. The van der Waals surface area contributed by atoms with Gasteiger partial charge in [-0.1, -0.05) is 13.8 Å². The van der Waals surface area contributed by atoms with Crippen molar-refractivity contribution >= 4 is 17.8 Å². The van der Waals surface area contributed by atoms with E-state index in [-0.39, 0.29) is 24.3 Å². The molecule has 7 heteroatoms. The highest BCUT2D eigenvalue weighted by atomic mass is 16.4. The minimum Gasteiger partial charge on any atom is -0.480 e. The maximum absolute atomic E-state index is 11.3. The monoisotopic (exact) mass is 230 g/mol. The van der Waals surface area contributed by atoms with Crippen molar-refractivity contribution in [3.63, 3.8) is 0 Å². The quantitative estimate of drug-likeness (QED) is 0.351. The average molecular weight is 230 g/mol. The van der Waals surface area contributed by atoms with E-state index in [0.717, 1.165) is 0 Å². The van der Waals surface area contributed by atoms with Crippen LogP contribution in [0.25, 0.3) is 0 Å². The van der Waals surface area contributed by atoms with Crippen molar-refractivity contribution in [1.29, 1.82) is 0 Å². The third kappa shape index (κ3) is 5.30. The summed E-state index contributed by atoms with van der Waals surface area (Å²) < 4.78 is 0. The average Bonchev–Trinajstić information content (AvgIpc) is 2.24. The topological polar surface area (TPSA) is 131 Å². The minimum atomic E-state index is -1.16. The van der Waals surface area contributed by atoms with E-state index in [4.69, 9.17) is 16.6 Å². The fourth-order valence-electron chi connectivity index (χ4n) is 0.749. The predicted molar refractivity (Wildman–Crippen MR) is 59.7 cm³/mol. The van der Waals surface area contributed by atoms with Crippen LogP contribution in [0.15, 0.2) is 4.99 Å². The molecule has 0 radical (unpaired) electrons. The van der Waals surface area contributed by atoms with Crippen LogP contribution in [0.1, 0.15) is 20.3 Å². The summed E-state index contributed by atoms with van der Waals surface area (Å²) in [4.78, 5) is 25.4. The van der Waals surface area contributed by atoms with Crippen LogP contribution in [0, 0.1) is 5.92 Å². The molecule has 0 aliphatic heterocycles. The maximum atomic E-state index is 11.3. The number of hydrogen-bond donors (Lipinski definition) is 4. The van der Waals surface area contributed by atoms with E-state index in [1.807, 2.05) is 6.92 Å². The van der Waals surface area contributed by atoms with Gasteiger partial charge in [0.25, 0.3) is 0 Å². The molecule has 0 saturated heterocycles. The fraction of sp³-hybridized carbons (Fsp3) is 0.667. The largest absolute Gasteiger partial charge is 0.480 e. The van der Waals surface area contributed by atoms with E-state index in [0.29, 0.717) is 6.42 Å². The standard InChI is InChI=1S/C9H18N4O3/c1-3-5(2)7(14)13-9(11)12-4-6(10)8(15)16/h5-6H,3-4,10H2,1-2H3,(H,15,16)(H3,11,12,13,14). The number of carbonyl (C=O) groups excluding carboxylic acids is 1. The molecule has 0 aromatic heterocycles. The van der Waals surface area contributed by atoms with E-state index in [9.17, 15) is 9.59 Å². The predicted octanol–water partition coefficient (Wildman–Crippen LogP) is -1.12. The summed E-state index contributed by atoms with van der Waals surface area (Å²) in [5.41, 5.74) is 10.6. The molecule has 2 unspecified atom stereocenters. The van der Waals surface area contributed by atoms with Crippen LogP contribution in [0.5, 0.6) is 0 Å². The number of hydrogen-bond acceptors (Lipinski definition) is 4. The van der Waals surface area contributed by atoms with Crippen LogP contribution in [-0.2, 0) is 9.59 Å². The molecular formula is C9H18N4O3. The van der Waals surface area contributed by atoms with E-state index < -0.39 is 12.0 Å². The Morgan fingerprint density at radius 3 is 2.50 bits per heavy atom. The number of aliphatic imine (C=N–C) groups is 1. The summed E-state index contributed by atoms with van der Waals surface area (Å²) in [6, 6.07) is -1.11. The Hall–Kier alpha value is -1.63. The summed E-state index contributed by atoms with van der Waals surface area (Å²) in [7, 11) is 0. The molecular weight excluding hydrogens is 212 g/mol. The molecule has 0 aliphatic carbocycles. The summed E-state index contributed by atoms with van der Waals surface area (Å²) in [5, 5.41) is 10.8. The first-order valence-electron chi connectivity index (χ1n) is 4.97. The molecule has 1 amide bonds. The number of rotatable bonds is 5. The van der Waals surface area contributed by atoms with Crippen molar-refractivity contribution in [2.24, 2.45) is 22.4 Å². The maximum Gasteiger partial charge on any atom is 0.322 e. The highest BCUT2D eigenvalue weighted by Gasteiger charge is 2.13. The summed E-state index contributed by atoms with van der Waals surface area (Å²) in [5.74, 6) is -1.68. The van der Waals surface area contributed by atoms with Gasteiger partial charge in [0, 0.05) is 5.92 Å². The molecule has 0 fully saturated rings. The Morgan fingerprint density at radius 2 is 2.06 bits per heavy atom. The molecule has 0 bridgehead atoms. The number of nitrogens with two attached hydrogens (primary N) is 2. The minimum absolute atomic E-state index is 0.109. The molecule has 0 aliphatic rings. The zero-order valence-corrected chi connectivity index (χ0v) is 9.43. The number of carboxylic acid groups (broad SMARTS) is 1. The molecule has 92 valence electrons. The summed E-state index contributed by atoms with van der Waals surface area (Å²) in [6.07, 6.45) is 0.688.